The number of esters is 1. The molecule has 0 bridgehead atoms. The Morgan fingerprint density at radius 3 is 2.21 bits per heavy atom. The van der Waals surface area contributed by atoms with Gasteiger partial charge in [0.25, 0.3) is 0 Å². The zero-order valence-electron chi connectivity index (χ0n) is 16.1. The molecule has 0 spiro atoms. The topological polar surface area (TPSA) is 76.7 Å². The number of halogens is 1. The van der Waals surface area contributed by atoms with Gasteiger partial charge in [-0.15, -0.1) is 12.4 Å². The van der Waals surface area contributed by atoms with Gasteiger partial charge in [-0.05, 0) is 22.3 Å². The molecule has 0 saturated heterocycles. The molecule has 6 nitrogen and oxygen atoms in total. The van der Waals surface area contributed by atoms with Gasteiger partial charge in [0.2, 0.25) is 0 Å². The predicted molar refractivity (Wildman–Crippen MR) is 114 cm³/mol. The van der Waals surface area contributed by atoms with Crippen molar-refractivity contribution < 1.29 is 19.1 Å². The van der Waals surface area contributed by atoms with Crippen LogP contribution < -0.4 is 10.6 Å². The van der Waals surface area contributed by atoms with E-state index >= 15 is 0 Å². The van der Waals surface area contributed by atoms with E-state index in [1.54, 1.807) is 0 Å². The highest BCUT2D eigenvalue weighted by atomic mass is 35.5. The van der Waals surface area contributed by atoms with Gasteiger partial charge in [-0.25, -0.2) is 4.79 Å². The Kier molecular flexibility index (Phi) is 8.70. The second kappa shape index (κ2) is 11.2. The lowest BCUT2D eigenvalue weighted by Crippen LogP contribution is -2.35. The number of hydrogen-bond donors (Lipinski definition) is 2. The summed E-state index contributed by atoms with van der Waals surface area (Å²) in [4.78, 5) is 23.3. The van der Waals surface area contributed by atoms with E-state index in [-0.39, 0.29) is 44.1 Å². The van der Waals surface area contributed by atoms with Gasteiger partial charge in [0.05, 0.1) is 6.54 Å². The Hall–Kier alpha value is -2.83. The molecule has 0 aliphatic heterocycles. The van der Waals surface area contributed by atoms with Crippen molar-refractivity contribution in [2.75, 3.05) is 32.8 Å². The van der Waals surface area contributed by atoms with E-state index in [4.69, 9.17) is 9.47 Å². The summed E-state index contributed by atoms with van der Waals surface area (Å²) in [5.41, 5.74) is 4.74. The Labute approximate surface area is 176 Å². The van der Waals surface area contributed by atoms with Crippen molar-refractivity contribution in [1.29, 1.82) is 0 Å². The largest absolute Gasteiger partial charge is 0.461 e. The smallest absolute Gasteiger partial charge is 0.407 e. The standard InChI is InChI=1S/C22H24N2O4.ClH/c1-2-13-27-21(25)14-23-11-12-24-22(26)28-15-20-18-9-5-3-7-16(18)17-8-4-6-10-19(17)20;/h2-10,20,23H,1,11-15H2,(H,24,26);1H. The van der Waals surface area contributed by atoms with Gasteiger partial charge in [-0.3, -0.25) is 4.79 Å². The minimum Gasteiger partial charge on any atom is -0.461 e. The molecule has 1 amide bonds. The molecule has 0 aromatic heterocycles. The number of benzene rings is 2. The summed E-state index contributed by atoms with van der Waals surface area (Å²) in [7, 11) is 0. The van der Waals surface area contributed by atoms with Crippen LogP contribution in [0.3, 0.4) is 0 Å². The molecule has 0 unspecified atom stereocenters. The molecule has 1 aliphatic carbocycles. The van der Waals surface area contributed by atoms with Crippen LogP contribution in [-0.2, 0) is 14.3 Å². The Bertz CT molecular complexity index is 811. The molecule has 29 heavy (non-hydrogen) atoms. The number of alkyl carbamates (subject to hydrolysis) is 1. The number of carbonyl (C=O) groups excluding carboxylic acids is 2. The highest BCUT2D eigenvalue weighted by Gasteiger charge is 2.28. The second-order valence-electron chi connectivity index (χ2n) is 6.40. The average molecular weight is 417 g/mol. The maximum absolute atomic E-state index is 12.0. The van der Waals surface area contributed by atoms with Crippen molar-refractivity contribution in [3.05, 3.63) is 72.3 Å². The van der Waals surface area contributed by atoms with Crippen LogP contribution in [0.4, 0.5) is 4.79 Å². The predicted octanol–water partition coefficient (Wildman–Crippen LogP) is 3.27. The van der Waals surface area contributed by atoms with Crippen LogP contribution in [-0.4, -0.2) is 44.9 Å². The molecule has 3 rings (SSSR count). The first-order valence-electron chi connectivity index (χ1n) is 9.26. The maximum Gasteiger partial charge on any atom is 0.407 e. The third kappa shape index (κ3) is 5.82. The second-order valence-corrected chi connectivity index (χ2v) is 6.40. The normalized spacial score (nSPS) is 11.6. The van der Waals surface area contributed by atoms with Crippen molar-refractivity contribution in [3.8, 4) is 11.1 Å². The van der Waals surface area contributed by atoms with Crippen LogP contribution in [0.25, 0.3) is 11.1 Å². The number of nitrogens with one attached hydrogen (secondary N) is 2. The summed E-state index contributed by atoms with van der Waals surface area (Å²) in [6, 6.07) is 16.4. The monoisotopic (exact) mass is 416 g/mol. The zero-order valence-corrected chi connectivity index (χ0v) is 16.9. The Morgan fingerprint density at radius 2 is 1.59 bits per heavy atom. The van der Waals surface area contributed by atoms with Crippen LogP contribution in [0.2, 0.25) is 0 Å². The van der Waals surface area contributed by atoms with Gasteiger partial charge in [-0.2, -0.15) is 0 Å². The van der Waals surface area contributed by atoms with Gasteiger partial charge in [0.15, 0.2) is 0 Å². The van der Waals surface area contributed by atoms with Crippen LogP contribution in [0.5, 0.6) is 0 Å². The maximum atomic E-state index is 12.0. The minimum absolute atomic E-state index is 0. The van der Waals surface area contributed by atoms with Gasteiger partial charge in [0, 0.05) is 19.0 Å². The average Bonchev–Trinajstić information content (AvgIpc) is 3.04. The molecule has 0 radical (unpaired) electrons. The molecular formula is C22H25ClN2O4. The highest BCUT2D eigenvalue weighted by molar-refractivity contribution is 5.85. The van der Waals surface area contributed by atoms with E-state index < -0.39 is 6.09 Å². The molecule has 154 valence electrons. The molecule has 0 saturated carbocycles. The van der Waals surface area contributed by atoms with E-state index in [1.807, 2.05) is 24.3 Å². The number of rotatable bonds is 9. The summed E-state index contributed by atoms with van der Waals surface area (Å²) < 4.78 is 10.3. The van der Waals surface area contributed by atoms with E-state index in [0.29, 0.717) is 13.1 Å². The van der Waals surface area contributed by atoms with Gasteiger partial charge in [0.1, 0.15) is 13.2 Å². The number of hydrogen-bond acceptors (Lipinski definition) is 5. The first-order chi connectivity index (χ1) is 13.7. The number of ether oxygens (including phenoxy) is 2. The van der Waals surface area contributed by atoms with Crippen molar-refractivity contribution >= 4 is 24.5 Å². The molecule has 0 fully saturated rings. The lowest BCUT2D eigenvalue weighted by atomic mass is 9.98. The summed E-state index contributed by atoms with van der Waals surface area (Å²) in [6.07, 6.45) is 1.04. The molecule has 7 heteroatoms. The molecule has 0 heterocycles. The quantitative estimate of drug-likeness (QED) is 0.373. The minimum atomic E-state index is -0.474. The lowest BCUT2D eigenvalue weighted by molar-refractivity contribution is -0.141. The zero-order chi connectivity index (χ0) is 19.8. The van der Waals surface area contributed by atoms with Gasteiger partial charge < -0.3 is 20.1 Å². The van der Waals surface area contributed by atoms with Crippen molar-refractivity contribution in [3.63, 3.8) is 0 Å². The summed E-state index contributed by atoms with van der Waals surface area (Å²) in [5, 5.41) is 5.57. The highest BCUT2D eigenvalue weighted by Crippen LogP contribution is 2.44. The fraction of sp³-hybridized carbons (Fsp3) is 0.273. The SMILES string of the molecule is C=CCOC(=O)CNCCNC(=O)OCC1c2ccccc2-c2ccccc21.Cl. The third-order valence-corrected chi connectivity index (χ3v) is 4.55. The molecule has 2 N–H and O–H groups in total. The number of amides is 1. The van der Waals surface area contributed by atoms with Crippen LogP contribution in [0, 0.1) is 0 Å². The Morgan fingerprint density at radius 1 is 0.966 bits per heavy atom. The third-order valence-electron chi connectivity index (χ3n) is 4.55. The fourth-order valence-corrected chi connectivity index (χ4v) is 3.30. The molecule has 2 aromatic rings. The van der Waals surface area contributed by atoms with Crippen molar-refractivity contribution in [2.45, 2.75) is 5.92 Å². The van der Waals surface area contributed by atoms with Crippen molar-refractivity contribution in [2.24, 2.45) is 0 Å². The lowest BCUT2D eigenvalue weighted by Gasteiger charge is -2.14. The molecule has 1 aliphatic rings. The number of fused-ring (bicyclic) bond motifs is 3. The van der Waals surface area contributed by atoms with Crippen LogP contribution >= 0.6 is 12.4 Å². The van der Waals surface area contributed by atoms with Crippen molar-refractivity contribution in [1.82, 2.24) is 10.6 Å². The number of carbonyl (C=O) groups is 2. The first kappa shape index (κ1) is 22.5. The summed E-state index contributed by atoms with van der Waals surface area (Å²) in [6.45, 7) is 4.82. The van der Waals surface area contributed by atoms with Gasteiger partial charge >= 0.3 is 12.1 Å². The fourth-order valence-electron chi connectivity index (χ4n) is 3.30. The molecular weight excluding hydrogens is 392 g/mol. The molecule has 0 atom stereocenters. The van der Waals surface area contributed by atoms with E-state index in [0.717, 1.165) is 0 Å². The summed E-state index contributed by atoms with van der Waals surface area (Å²) >= 11 is 0. The molecule has 2 aromatic carbocycles. The van der Waals surface area contributed by atoms with Gasteiger partial charge in [-0.1, -0.05) is 61.2 Å². The first-order valence-corrected chi connectivity index (χ1v) is 9.26. The Balaban J connectivity index is 0.00000300. The van der Waals surface area contributed by atoms with E-state index in [9.17, 15) is 9.59 Å². The van der Waals surface area contributed by atoms with E-state index in [2.05, 4.69) is 41.5 Å². The summed E-state index contributed by atoms with van der Waals surface area (Å²) in [5.74, 6) is -0.322. The van der Waals surface area contributed by atoms with Crippen LogP contribution in [0.1, 0.15) is 17.0 Å². The van der Waals surface area contributed by atoms with Crippen LogP contribution in [0.15, 0.2) is 61.2 Å². The van der Waals surface area contributed by atoms with E-state index in [1.165, 1.54) is 28.3 Å².